The number of carbonyl (C=O) groups is 1. The van der Waals surface area contributed by atoms with Crippen molar-refractivity contribution >= 4 is 45.1 Å². The van der Waals surface area contributed by atoms with Gasteiger partial charge in [-0.25, -0.2) is 0 Å². The molecule has 0 saturated carbocycles. The number of ketones is 1. The number of nitrogens with zero attached hydrogens (tertiary/aromatic N) is 1. The summed E-state index contributed by atoms with van der Waals surface area (Å²) >= 11 is 1.68. The Bertz CT molecular complexity index is 2460. The maximum absolute atomic E-state index is 14.2. The van der Waals surface area contributed by atoms with Crippen LogP contribution >= 0.6 is 11.3 Å². The van der Waals surface area contributed by atoms with Gasteiger partial charge in [0, 0.05) is 11.1 Å². The molecule has 1 aromatic heterocycles. The Morgan fingerprint density at radius 2 is 0.639 bits per heavy atom. The molecule has 5 aromatic carbocycles. The Morgan fingerprint density at radius 3 is 0.819 bits per heavy atom. The molecule has 0 N–H and O–H groups in total. The number of hydrogen-bond donors (Lipinski definition) is 0. The third-order valence-corrected chi connectivity index (χ3v) is 11.4. The monoisotopic (exact) mass is 1080 g/mol. The average molecular weight is 1080 g/mol. The number of rotatable bonds is 7. The zero-order valence-corrected chi connectivity index (χ0v) is 35.9. The first-order valence-electron chi connectivity index (χ1n) is 19.4. The molecule has 0 radical (unpaired) electrons. The third kappa shape index (κ3) is 13.1. The van der Waals surface area contributed by atoms with Crippen molar-refractivity contribution in [3.05, 3.63) is 170 Å². The van der Waals surface area contributed by atoms with Crippen LogP contribution in [0, 0.1) is 0 Å². The largest absolute Gasteiger partial charge is 0.416 e. The molecule has 0 fully saturated rings. The number of alkyl halides is 24. The van der Waals surface area contributed by atoms with Gasteiger partial charge >= 0.3 is 49.4 Å². The molecule has 0 aliphatic rings. The van der Waals surface area contributed by atoms with E-state index in [-0.39, 0.29) is 5.78 Å². The Kier molecular flexibility index (Phi) is 15.2. The molecule has 0 saturated heterocycles. The predicted molar refractivity (Wildman–Crippen MR) is 210 cm³/mol. The van der Waals surface area contributed by atoms with Crippen molar-refractivity contribution in [3.63, 3.8) is 0 Å². The molecule has 2 nitrogen and oxygen atoms in total. The molecule has 28 heteroatoms. The first-order valence-corrected chi connectivity index (χ1v) is 20.3. The summed E-state index contributed by atoms with van der Waals surface area (Å²) in [5.74, 6) is 0.115. The van der Waals surface area contributed by atoms with Gasteiger partial charge < -0.3 is 0 Å². The number of Topliss-reactive ketones (excluding diaryl/α,β-unsaturated/α-hetero) is 1. The lowest BCUT2D eigenvalue weighted by Crippen LogP contribution is -2.75. The SMILES string of the molecule is CC(=O)c1ccc(C[n+]2ccsc2)cc1.FC(F)(F)c1cc([B-](c2cc(C(F)(F)F)cc(C(F)(F)F)c2)(c2cc(C(F)(F)F)cc(C(F)(F)F)c2)c2cc(C(F)(F)F)cc(C(F)(F)F)c2)cc(C(F)(F)F)c1. The summed E-state index contributed by atoms with van der Waals surface area (Å²) in [7, 11) is 0. The van der Waals surface area contributed by atoms with Crippen molar-refractivity contribution < 1.29 is 115 Å². The van der Waals surface area contributed by atoms with E-state index in [1.165, 1.54) is 5.56 Å². The molecule has 0 aliphatic heterocycles. The van der Waals surface area contributed by atoms with E-state index in [2.05, 4.69) is 10.1 Å². The second kappa shape index (κ2) is 19.3. The van der Waals surface area contributed by atoms with Gasteiger partial charge in [-0.05, 0) is 31.2 Å². The fourth-order valence-corrected chi connectivity index (χ4v) is 8.08. The lowest BCUT2D eigenvalue weighted by Gasteiger charge is -2.46. The van der Waals surface area contributed by atoms with E-state index in [9.17, 15) is 110 Å². The summed E-state index contributed by atoms with van der Waals surface area (Å²) < 4.78 is 343. The van der Waals surface area contributed by atoms with Crippen LogP contribution in [-0.4, -0.2) is 11.9 Å². The molecule has 0 atom stereocenters. The van der Waals surface area contributed by atoms with E-state index in [0.29, 0.717) is 0 Å². The minimum absolute atomic E-state index is 0.115. The molecular weight excluding hydrogens is 1060 g/mol. The summed E-state index contributed by atoms with van der Waals surface area (Å²) in [6.45, 7) is 2.45. The molecule has 0 amide bonds. The fourth-order valence-electron chi connectivity index (χ4n) is 7.48. The predicted octanol–water partition coefficient (Wildman–Crippen LogP) is 13.5. The number of aromatic nitrogens is 1. The van der Waals surface area contributed by atoms with Crippen LogP contribution in [0.5, 0.6) is 0 Å². The Balaban J connectivity index is 0.000000542. The van der Waals surface area contributed by atoms with Crippen LogP contribution < -0.4 is 26.4 Å². The van der Waals surface area contributed by atoms with E-state index in [4.69, 9.17) is 0 Å². The van der Waals surface area contributed by atoms with Crippen molar-refractivity contribution in [2.45, 2.75) is 62.9 Å². The summed E-state index contributed by atoms with van der Waals surface area (Å²) in [5.41, 5.74) is -26.2. The van der Waals surface area contributed by atoms with Crippen LogP contribution in [0.15, 0.2) is 114 Å². The first kappa shape index (κ1) is 56.7. The molecule has 0 unspecified atom stereocenters. The van der Waals surface area contributed by atoms with Crippen LogP contribution in [0.1, 0.15) is 67.4 Å². The fraction of sp³-hybridized carbons (Fsp3) is 0.227. The van der Waals surface area contributed by atoms with Crippen molar-refractivity contribution in [2.24, 2.45) is 0 Å². The van der Waals surface area contributed by atoms with Crippen LogP contribution in [0.25, 0.3) is 0 Å². The van der Waals surface area contributed by atoms with E-state index < -0.39 is 195 Å². The summed E-state index contributed by atoms with van der Waals surface area (Å²) in [6, 6.07) is -1.05. The first-order chi connectivity index (χ1) is 32.5. The van der Waals surface area contributed by atoms with E-state index in [1.807, 2.05) is 35.8 Å². The van der Waals surface area contributed by atoms with Gasteiger partial charge in [0.1, 0.15) is 6.15 Å². The molecule has 0 aliphatic carbocycles. The topological polar surface area (TPSA) is 20.9 Å². The molecule has 72 heavy (non-hydrogen) atoms. The van der Waals surface area contributed by atoms with Gasteiger partial charge in [-0.3, -0.25) is 4.79 Å². The Morgan fingerprint density at radius 1 is 0.403 bits per heavy atom. The maximum Gasteiger partial charge on any atom is 0.416 e. The van der Waals surface area contributed by atoms with Gasteiger partial charge in [0.05, 0.1) is 49.9 Å². The van der Waals surface area contributed by atoms with Crippen molar-refractivity contribution in [3.8, 4) is 0 Å². The average Bonchev–Trinajstić information content (AvgIpc) is 3.75. The van der Waals surface area contributed by atoms with Gasteiger partial charge in [-0.15, -0.1) is 0 Å². The minimum atomic E-state index is -6.13. The van der Waals surface area contributed by atoms with Gasteiger partial charge in [0.15, 0.2) is 18.5 Å². The lowest BCUT2D eigenvalue weighted by molar-refractivity contribution is -0.683. The van der Waals surface area contributed by atoms with Gasteiger partial charge in [0.25, 0.3) is 0 Å². The molecule has 6 rings (SSSR count). The highest BCUT2D eigenvalue weighted by atomic mass is 32.1. The maximum atomic E-state index is 14.2. The zero-order chi connectivity index (χ0) is 54.6. The van der Waals surface area contributed by atoms with Gasteiger partial charge in [0.2, 0.25) is 5.51 Å². The summed E-state index contributed by atoms with van der Waals surface area (Å²) in [6.07, 6.45) is -52.8. The molecule has 0 spiro atoms. The molecule has 0 bridgehead atoms. The Hall–Kier alpha value is -6.22. The van der Waals surface area contributed by atoms with E-state index in [0.717, 1.165) is 12.1 Å². The van der Waals surface area contributed by atoms with E-state index in [1.54, 1.807) is 18.3 Å². The standard InChI is InChI=1S/C32H12BF24.C12H12NOS/c34-25(35,36)13-1-14(26(37,38)39)6-21(5-13)33(22-7-15(27(40,41)42)2-16(8-22)28(43,44)45,23-9-17(29(46,47)48)3-18(10-23)30(49,50)51)24-11-19(31(52,53)54)4-20(12-24)32(55,56)57;1-10(14)12-4-2-11(3-5-12)8-13-6-7-15-9-13/h1-12H;2-7,9H,8H2,1H3/q-1;+1. The quantitative estimate of drug-likeness (QED) is 0.0675. The highest BCUT2D eigenvalue weighted by Crippen LogP contribution is 2.41. The highest BCUT2D eigenvalue weighted by molar-refractivity contribution is 7.20. The van der Waals surface area contributed by atoms with Crippen LogP contribution in [0.3, 0.4) is 0 Å². The summed E-state index contributed by atoms with van der Waals surface area (Å²) in [5, 5.41) is 2.05. The van der Waals surface area contributed by atoms with Gasteiger partial charge in [-0.2, -0.15) is 132 Å². The smallest absolute Gasteiger partial charge is 0.295 e. The normalized spacial score (nSPS) is 13.5. The minimum Gasteiger partial charge on any atom is -0.295 e. The molecule has 388 valence electrons. The number of halogens is 24. The van der Waals surface area contributed by atoms with Crippen LogP contribution in [-0.2, 0) is 56.0 Å². The number of carbonyl (C=O) groups excluding carboxylic acids is 1. The number of thiazole rings is 1. The highest BCUT2D eigenvalue weighted by Gasteiger charge is 2.47. The van der Waals surface area contributed by atoms with Crippen molar-refractivity contribution in [2.75, 3.05) is 0 Å². The van der Waals surface area contributed by atoms with Crippen molar-refractivity contribution in [1.29, 1.82) is 0 Å². The van der Waals surface area contributed by atoms with Crippen LogP contribution in [0.2, 0.25) is 0 Å². The van der Waals surface area contributed by atoms with Crippen molar-refractivity contribution in [1.82, 2.24) is 0 Å². The number of benzene rings is 5. The Labute approximate surface area is 392 Å². The second-order valence-corrected chi connectivity index (χ2v) is 16.4. The van der Waals surface area contributed by atoms with Crippen LogP contribution in [0.4, 0.5) is 105 Å². The number of hydrogen-bond acceptors (Lipinski definition) is 2. The zero-order valence-electron chi connectivity index (χ0n) is 35.1. The third-order valence-electron chi connectivity index (χ3n) is 10.7. The summed E-state index contributed by atoms with van der Waals surface area (Å²) in [4.78, 5) is 11.1. The molecule has 6 aromatic rings. The molecule has 1 heterocycles. The second-order valence-electron chi connectivity index (χ2n) is 15.7. The van der Waals surface area contributed by atoms with E-state index >= 15 is 0 Å². The molecular formula is C44H24BF24NOS. The lowest BCUT2D eigenvalue weighted by atomic mass is 9.12. The van der Waals surface area contributed by atoms with Gasteiger partial charge in [-0.1, -0.05) is 84.1 Å².